The van der Waals surface area contributed by atoms with Crippen LogP contribution in [0.25, 0.3) is 0 Å². The minimum absolute atomic E-state index is 0.180. The zero-order valence-electron chi connectivity index (χ0n) is 14.1. The topological polar surface area (TPSA) is 65.9 Å². The molecule has 0 aliphatic rings. The lowest BCUT2D eigenvalue weighted by molar-refractivity contribution is 0.410. The third-order valence-corrected chi connectivity index (χ3v) is 3.65. The summed E-state index contributed by atoms with van der Waals surface area (Å²) in [6.07, 6.45) is 0. The number of benzene rings is 2. The van der Waals surface area contributed by atoms with Crippen LogP contribution in [-0.4, -0.2) is 25.2 Å². The Morgan fingerprint density at radius 2 is 1.92 bits per heavy atom. The van der Waals surface area contributed by atoms with Gasteiger partial charge in [-0.05, 0) is 42.3 Å². The normalized spacial score (nSPS) is 11.2. The van der Waals surface area contributed by atoms with Crippen molar-refractivity contribution in [2.24, 2.45) is 4.99 Å². The first-order chi connectivity index (χ1) is 11.5. The first-order valence-corrected chi connectivity index (χ1v) is 7.59. The summed E-state index contributed by atoms with van der Waals surface area (Å²) < 4.78 is 18.7. The van der Waals surface area contributed by atoms with Crippen molar-refractivity contribution < 1.29 is 14.2 Å². The van der Waals surface area contributed by atoms with Crippen molar-refractivity contribution in [1.29, 1.82) is 0 Å². The van der Waals surface area contributed by atoms with Gasteiger partial charge in [-0.15, -0.1) is 0 Å². The van der Waals surface area contributed by atoms with E-state index in [1.807, 2.05) is 6.07 Å². The molecule has 5 nitrogen and oxygen atoms in total. The maximum absolute atomic E-state index is 13.6. The molecule has 3 N–H and O–H groups in total. The number of halogens is 1. The fourth-order valence-corrected chi connectivity index (χ4v) is 2.16. The second-order valence-electron chi connectivity index (χ2n) is 5.36. The van der Waals surface area contributed by atoms with Crippen molar-refractivity contribution in [3.8, 4) is 11.5 Å². The summed E-state index contributed by atoms with van der Waals surface area (Å²) >= 11 is 0. The number of rotatable bonds is 5. The number of methoxy groups -OCH3 is 1. The Hall–Kier alpha value is -2.76. The Balaban J connectivity index is 1.94. The third-order valence-electron chi connectivity index (χ3n) is 3.65. The van der Waals surface area contributed by atoms with Crippen LogP contribution in [0.4, 0.5) is 4.39 Å². The van der Waals surface area contributed by atoms with Gasteiger partial charge in [-0.2, -0.15) is 0 Å². The lowest BCUT2D eigenvalue weighted by Crippen LogP contribution is -2.36. The molecule has 0 saturated heterocycles. The van der Waals surface area contributed by atoms with Crippen LogP contribution in [0.15, 0.2) is 41.4 Å². The van der Waals surface area contributed by atoms with Gasteiger partial charge < -0.3 is 20.5 Å². The van der Waals surface area contributed by atoms with Crippen molar-refractivity contribution in [3.63, 3.8) is 0 Å². The molecule has 2 aromatic carbocycles. The van der Waals surface area contributed by atoms with Crippen LogP contribution in [-0.2, 0) is 13.1 Å². The summed E-state index contributed by atoms with van der Waals surface area (Å²) in [5.41, 5.74) is 2.14. The van der Waals surface area contributed by atoms with E-state index < -0.39 is 0 Å². The summed E-state index contributed by atoms with van der Waals surface area (Å²) in [5, 5.41) is 16.1. The van der Waals surface area contributed by atoms with E-state index in [1.54, 1.807) is 45.3 Å². The van der Waals surface area contributed by atoms with Gasteiger partial charge in [0.05, 0.1) is 7.11 Å². The molecule has 24 heavy (non-hydrogen) atoms. The van der Waals surface area contributed by atoms with Crippen molar-refractivity contribution in [2.45, 2.75) is 20.0 Å². The number of hydrogen-bond donors (Lipinski definition) is 3. The number of phenols is 1. The highest BCUT2D eigenvalue weighted by molar-refractivity contribution is 5.79. The summed E-state index contributed by atoms with van der Waals surface area (Å²) in [4.78, 5) is 4.12. The average molecular weight is 331 g/mol. The van der Waals surface area contributed by atoms with Gasteiger partial charge in [0, 0.05) is 25.7 Å². The Kier molecular flexibility index (Phi) is 6.01. The molecule has 2 aromatic rings. The Bertz CT molecular complexity index is 732. The largest absolute Gasteiger partial charge is 0.508 e. The number of ether oxygens (including phenoxy) is 1. The van der Waals surface area contributed by atoms with E-state index in [1.165, 1.54) is 6.07 Å². The van der Waals surface area contributed by atoms with Gasteiger partial charge in [0.15, 0.2) is 5.96 Å². The van der Waals surface area contributed by atoms with Gasteiger partial charge >= 0.3 is 0 Å². The van der Waals surface area contributed by atoms with Crippen LogP contribution in [0.3, 0.4) is 0 Å². The first kappa shape index (κ1) is 17.6. The Morgan fingerprint density at radius 1 is 1.17 bits per heavy atom. The van der Waals surface area contributed by atoms with Crippen molar-refractivity contribution in [2.75, 3.05) is 14.2 Å². The summed E-state index contributed by atoms with van der Waals surface area (Å²) in [6.45, 7) is 2.56. The van der Waals surface area contributed by atoms with Gasteiger partial charge in [0.2, 0.25) is 0 Å². The lowest BCUT2D eigenvalue weighted by atomic mass is 10.1. The van der Waals surface area contributed by atoms with Crippen LogP contribution < -0.4 is 15.4 Å². The van der Waals surface area contributed by atoms with Gasteiger partial charge in [-0.3, -0.25) is 4.99 Å². The van der Waals surface area contributed by atoms with Crippen LogP contribution in [0, 0.1) is 12.7 Å². The summed E-state index contributed by atoms with van der Waals surface area (Å²) in [7, 11) is 3.22. The molecule has 128 valence electrons. The Labute approximate surface area is 141 Å². The summed E-state index contributed by atoms with van der Waals surface area (Å²) in [5.74, 6) is 1.18. The van der Waals surface area contributed by atoms with E-state index in [0.29, 0.717) is 35.9 Å². The molecule has 0 heterocycles. The van der Waals surface area contributed by atoms with E-state index in [4.69, 9.17) is 4.74 Å². The lowest BCUT2D eigenvalue weighted by Gasteiger charge is -2.13. The van der Waals surface area contributed by atoms with E-state index in [0.717, 1.165) is 5.56 Å². The second-order valence-corrected chi connectivity index (χ2v) is 5.36. The molecule has 0 atom stereocenters. The Morgan fingerprint density at radius 3 is 2.58 bits per heavy atom. The van der Waals surface area contributed by atoms with E-state index in [-0.39, 0.29) is 11.6 Å². The standard InChI is InChI=1S/C18H22FN3O2/c1-12-4-5-13(8-16(12)19)10-21-18(20-2)22-11-14-9-15(24-3)6-7-17(14)23/h4-9,23H,10-11H2,1-3H3,(H2,20,21,22). The molecule has 0 unspecified atom stereocenters. The van der Waals surface area contributed by atoms with Crippen LogP contribution >= 0.6 is 0 Å². The quantitative estimate of drug-likeness (QED) is 0.582. The molecule has 0 bridgehead atoms. The van der Waals surface area contributed by atoms with E-state index >= 15 is 0 Å². The predicted octanol–water partition coefficient (Wildman–Crippen LogP) is 2.71. The number of hydrogen-bond acceptors (Lipinski definition) is 3. The fraction of sp³-hybridized carbons (Fsp3) is 0.278. The van der Waals surface area contributed by atoms with Crippen LogP contribution in [0.2, 0.25) is 0 Å². The van der Waals surface area contributed by atoms with Crippen molar-refractivity contribution >= 4 is 5.96 Å². The number of phenolic OH excluding ortho intramolecular Hbond substituents is 1. The second kappa shape index (κ2) is 8.19. The van der Waals surface area contributed by atoms with Crippen LogP contribution in [0.1, 0.15) is 16.7 Å². The predicted molar refractivity (Wildman–Crippen MR) is 92.8 cm³/mol. The number of aryl methyl sites for hydroxylation is 1. The van der Waals surface area contributed by atoms with Crippen LogP contribution in [0.5, 0.6) is 11.5 Å². The van der Waals surface area contributed by atoms with Crippen molar-refractivity contribution in [3.05, 3.63) is 58.9 Å². The van der Waals surface area contributed by atoms with Gasteiger partial charge in [-0.1, -0.05) is 12.1 Å². The molecular formula is C18H22FN3O2. The molecular weight excluding hydrogens is 309 g/mol. The third kappa shape index (κ3) is 4.62. The average Bonchev–Trinajstić information content (AvgIpc) is 2.59. The maximum atomic E-state index is 13.6. The first-order valence-electron chi connectivity index (χ1n) is 7.59. The highest BCUT2D eigenvalue weighted by Crippen LogP contribution is 2.22. The van der Waals surface area contributed by atoms with Gasteiger partial charge in [0.1, 0.15) is 17.3 Å². The molecule has 0 aromatic heterocycles. The van der Waals surface area contributed by atoms with E-state index in [2.05, 4.69) is 15.6 Å². The summed E-state index contributed by atoms with van der Waals surface area (Å²) in [6, 6.07) is 10.1. The SMILES string of the molecule is CN=C(NCc1ccc(C)c(F)c1)NCc1cc(OC)ccc1O. The fourth-order valence-electron chi connectivity index (χ4n) is 2.16. The molecule has 0 fully saturated rings. The zero-order chi connectivity index (χ0) is 17.5. The maximum Gasteiger partial charge on any atom is 0.191 e. The number of nitrogens with one attached hydrogen (secondary N) is 2. The number of aliphatic imine (C=N–C) groups is 1. The highest BCUT2D eigenvalue weighted by atomic mass is 19.1. The molecule has 6 heteroatoms. The van der Waals surface area contributed by atoms with E-state index in [9.17, 15) is 9.50 Å². The number of nitrogens with zero attached hydrogens (tertiary/aromatic N) is 1. The minimum atomic E-state index is -0.224. The smallest absolute Gasteiger partial charge is 0.191 e. The highest BCUT2D eigenvalue weighted by Gasteiger charge is 2.06. The molecule has 0 aliphatic carbocycles. The van der Waals surface area contributed by atoms with Gasteiger partial charge in [-0.25, -0.2) is 4.39 Å². The monoisotopic (exact) mass is 331 g/mol. The number of aromatic hydroxyl groups is 1. The molecule has 0 spiro atoms. The number of guanidine groups is 1. The zero-order valence-corrected chi connectivity index (χ0v) is 14.1. The molecule has 0 amide bonds. The van der Waals surface area contributed by atoms with Gasteiger partial charge in [0.25, 0.3) is 0 Å². The molecule has 0 aliphatic heterocycles. The molecule has 0 saturated carbocycles. The minimum Gasteiger partial charge on any atom is -0.508 e. The molecule has 0 radical (unpaired) electrons. The molecule has 2 rings (SSSR count). The van der Waals surface area contributed by atoms with Crippen molar-refractivity contribution in [1.82, 2.24) is 10.6 Å².